The first kappa shape index (κ1) is 21.5. The number of carbonyl (C=O) groups is 1. The normalized spacial score (nSPS) is 11.3. The number of nitrogens with zero attached hydrogens (tertiary/aromatic N) is 2. The van der Waals surface area contributed by atoms with Gasteiger partial charge in [-0.15, -0.1) is 11.3 Å². The van der Waals surface area contributed by atoms with Crippen LogP contribution >= 0.6 is 11.3 Å². The Bertz CT molecular complexity index is 1380. The average Bonchev–Trinajstić information content (AvgIpc) is 3.46. The molecule has 0 aliphatic heterocycles. The fraction of sp³-hybridized carbons (Fsp3) is 0.0500. The highest BCUT2D eigenvalue weighted by Gasteiger charge is 2.23. The van der Waals surface area contributed by atoms with E-state index in [0.29, 0.717) is 5.01 Å². The van der Waals surface area contributed by atoms with E-state index in [9.17, 15) is 17.6 Å². The van der Waals surface area contributed by atoms with Gasteiger partial charge in [0.05, 0.1) is 24.6 Å². The average molecular weight is 474 g/mol. The Morgan fingerprint density at radius 2 is 1.91 bits per heavy atom. The van der Waals surface area contributed by atoms with Crippen LogP contribution < -0.4 is 9.46 Å². The van der Waals surface area contributed by atoms with Gasteiger partial charge in [0.2, 0.25) is 0 Å². The van der Waals surface area contributed by atoms with Crippen molar-refractivity contribution in [2.24, 2.45) is 0 Å². The van der Waals surface area contributed by atoms with E-state index < -0.39 is 27.4 Å². The molecule has 0 saturated heterocycles. The van der Waals surface area contributed by atoms with Crippen molar-refractivity contribution < 1.29 is 27.4 Å². The van der Waals surface area contributed by atoms with Crippen LogP contribution in [0.3, 0.4) is 0 Å². The highest BCUT2D eigenvalue weighted by molar-refractivity contribution is 7.92. The summed E-state index contributed by atoms with van der Waals surface area (Å²) in [5.41, 5.74) is 1.69. The van der Waals surface area contributed by atoms with E-state index >= 15 is 0 Å². The molecule has 2 aromatic carbocycles. The number of aromatic carboxylic acids is 1. The van der Waals surface area contributed by atoms with E-state index in [1.807, 2.05) is 24.3 Å². The summed E-state index contributed by atoms with van der Waals surface area (Å²) in [6.07, 6.45) is 3.45. The summed E-state index contributed by atoms with van der Waals surface area (Å²) in [5.74, 6) is -2.75. The number of methoxy groups -OCH3 is 1. The summed E-state index contributed by atoms with van der Waals surface area (Å²) in [6.45, 7) is 0. The quantitative estimate of drug-likeness (QED) is 0.370. The lowest BCUT2D eigenvalue weighted by atomic mass is 10.1. The second-order valence-corrected chi connectivity index (χ2v) is 8.99. The number of sulfonamides is 1. The molecule has 0 saturated carbocycles. The third kappa shape index (κ3) is 4.18. The molecule has 0 fully saturated rings. The van der Waals surface area contributed by atoms with Crippen LogP contribution in [-0.4, -0.2) is 41.8 Å². The maximum absolute atomic E-state index is 14.1. The second kappa shape index (κ2) is 8.40. The third-order valence-electron chi connectivity index (χ3n) is 4.49. The van der Waals surface area contributed by atoms with Crippen LogP contribution in [0.15, 0.2) is 59.2 Å². The van der Waals surface area contributed by atoms with Crippen molar-refractivity contribution >= 4 is 33.0 Å². The number of carboxylic acids is 1. The number of ether oxygens (including phenoxy) is 1. The van der Waals surface area contributed by atoms with Crippen LogP contribution in [0.4, 0.5) is 10.1 Å². The topological polar surface area (TPSA) is 134 Å². The molecule has 32 heavy (non-hydrogen) atoms. The predicted octanol–water partition coefficient (Wildman–Crippen LogP) is 3.85. The lowest BCUT2D eigenvalue weighted by Gasteiger charge is -2.12. The Morgan fingerprint density at radius 3 is 2.53 bits per heavy atom. The van der Waals surface area contributed by atoms with Gasteiger partial charge in [-0.25, -0.2) is 14.2 Å². The lowest BCUT2D eigenvalue weighted by Crippen LogP contribution is -2.15. The largest absolute Gasteiger partial charge is 0.495 e. The second-order valence-electron chi connectivity index (χ2n) is 6.50. The van der Waals surface area contributed by atoms with Gasteiger partial charge in [0.1, 0.15) is 16.6 Å². The van der Waals surface area contributed by atoms with E-state index in [1.165, 1.54) is 12.5 Å². The first-order chi connectivity index (χ1) is 15.3. The van der Waals surface area contributed by atoms with Gasteiger partial charge in [-0.3, -0.25) is 9.82 Å². The molecule has 9 nitrogen and oxygen atoms in total. The van der Waals surface area contributed by atoms with Crippen LogP contribution in [0, 0.1) is 5.82 Å². The molecule has 2 aromatic heterocycles. The maximum atomic E-state index is 14.1. The van der Waals surface area contributed by atoms with Gasteiger partial charge in [-0.2, -0.15) is 13.5 Å². The summed E-state index contributed by atoms with van der Waals surface area (Å²) in [4.78, 5) is 15.3. The number of anilines is 1. The molecular weight excluding hydrogens is 459 g/mol. The smallest absolute Gasteiger partial charge is 0.338 e. The molecule has 0 atom stereocenters. The minimum absolute atomic E-state index is 0.141. The number of thiazole rings is 1. The number of carboxylic acid groups (broad SMARTS) is 1. The first-order valence-electron chi connectivity index (χ1n) is 8.97. The van der Waals surface area contributed by atoms with Crippen molar-refractivity contribution in [3.05, 3.63) is 65.6 Å². The van der Waals surface area contributed by atoms with Gasteiger partial charge in [0, 0.05) is 28.8 Å². The Hall–Kier alpha value is -3.77. The van der Waals surface area contributed by atoms with Crippen molar-refractivity contribution in [1.29, 1.82) is 0 Å². The van der Waals surface area contributed by atoms with Crippen LogP contribution in [0.25, 0.3) is 21.7 Å². The molecule has 164 valence electrons. The van der Waals surface area contributed by atoms with Gasteiger partial charge in [0.25, 0.3) is 10.0 Å². The molecule has 4 rings (SSSR count). The highest BCUT2D eigenvalue weighted by atomic mass is 32.2. The van der Waals surface area contributed by atoms with E-state index in [2.05, 4.69) is 19.9 Å². The third-order valence-corrected chi connectivity index (χ3v) is 6.77. The number of H-pyrrole nitrogens is 1. The maximum Gasteiger partial charge on any atom is 0.338 e. The Balaban J connectivity index is 1.60. The molecular formula is C20H15FN4O5S2. The van der Waals surface area contributed by atoms with Crippen LogP contribution in [0.1, 0.15) is 10.4 Å². The van der Waals surface area contributed by atoms with Crippen molar-refractivity contribution in [3.63, 3.8) is 0 Å². The zero-order valence-corrected chi connectivity index (χ0v) is 18.0. The minimum Gasteiger partial charge on any atom is -0.495 e. The molecule has 0 amide bonds. The zero-order chi connectivity index (χ0) is 22.9. The molecule has 4 aromatic rings. The van der Waals surface area contributed by atoms with Crippen LogP contribution in [0.5, 0.6) is 5.75 Å². The van der Waals surface area contributed by atoms with Gasteiger partial charge >= 0.3 is 5.97 Å². The number of aromatic nitrogens is 3. The van der Waals surface area contributed by atoms with Crippen molar-refractivity contribution in [2.75, 3.05) is 11.8 Å². The molecule has 0 unspecified atom stereocenters. The number of benzene rings is 2. The van der Waals surface area contributed by atoms with Gasteiger partial charge in [-0.05, 0) is 11.6 Å². The monoisotopic (exact) mass is 474 g/mol. The molecule has 0 aliphatic rings. The van der Waals surface area contributed by atoms with Crippen LogP contribution in [0.2, 0.25) is 0 Å². The Labute approximate surface area is 185 Å². The summed E-state index contributed by atoms with van der Waals surface area (Å²) < 4.78 is 46.8. The summed E-state index contributed by atoms with van der Waals surface area (Å²) >= 11 is 1.13. The van der Waals surface area contributed by atoms with E-state index in [1.54, 1.807) is 12.4 Å². The molecule has 12 heteroatoms. The number of hydrogen-bond donors (Lipinski definition) is 3. The molecule has 0 bridgehead atoms. The number of hydrogen-bond acceptors (Lipinski definition) is 7. The summed E-state index contributed by atoms with van der Waals surface area (Å²) in [6, 6.07) is 9.02. The zero-order valence-electron chi connectivity index (χ0n) is 16.4. The van der Waals surface area contributed by atoms with Crippen molar-refractivity contribution in [2.45, 2.75) is 5.03 Å². The van der Waals surface area contributed by atoms with E-state index in [0.717, 1.165) is 40.2 Å². The van der Waals surface area contributed by atoms with Crippen molar-refractivity contribution in [1.82, 2.24) is 15.2 Å². The molecule has 0 spiro atoms. The fourth-order valence-corrected chi connectivity index (χ4v) is 5.05. The summed E-state index contributed by atoms with van der Waals surface area (Å²) in [5, 5.41) is 17.2. The molecule has 2 heterocycles. The number of aromatic amines is 1. The van der Waals surface area contributed by atoms with Gasteiger partial charge < -0.3 is 9.84 Å². The predicted molar refractivity (Wildman–Crippen MR) is 116 cm³/mol. The molecule has 0 aliphatic carbocycles. The van der Waals surface area contributed by atoms with E-state index in [-0.39, 0.29) is 16.5 Å². The SMILES string of the molecule is COc1cc(C(=O)O)c(F)cc1NS(=O)(=O)c1csc(-c2ccc(-c3cn[nH]c3)cc2)n1. The molecule has 0 radical (unpaired) electrons. The fourth-order valence-electron chi connectivity index (χ4n) is 2.89. The van der Waals surface area contributed by atoms with Crippen LogP contribution in [-0.2, 0) is 10.0 Å². The Kier molecular flexibility index (Phi) is 5.63. The van der Waals surface area contributed by atoms with Gasteiger partial charge in [-0.1, -0.05) is 24.3 Å². The number of nitrogens with one attached hydrogen (secondary N) is 2. The van der Waals surface area contributed by atoms with Crippen molar-refractivity contribution in [3.8, 4) is 27.4 Å². The lowest BCUT2D eigenvalue weighted by molar-refractivity contribution is 0.0691. The minimum atomic E-state index is -4.18. The number of halogens is 1. The highest BCUT2D eigenvalue weighted by Crippen LogP contribution is 2.32. The molecule has 3 N–H and O–H groups in total. The standard InChI is InChI=1S/C20H15FN4O5S2/c1-30-17-6-14(20(26)27)15(21)7-16(17)25-32(28,29)18-10-31-19(24-18)12-4-2-11(3-5-12)13-8-22-23-9-13/h2-10,25H,1H3,(H,22,23)(H,26,27). The number of rotatable bonds is 7. The Morgan fingerprint density at radius 1 is 1.19 bits per heavy atom. The summed E-state index contributed by atoms with van der Waals surface area (Å²) in [7, 11) is -2.97. The van der Waals surface area contributed by atoms with Gasteiger partial charge in [0.15, 0.2) is 5.03 Å². The van der Waals surface area contributed by atoms with E-state index in [4.69, 9.17) is 9.84 Å². The first-order valence-corrected chi connectivity index (χ1v) is 11.3.